The molecule has 1 aromatic heterocycles. The lowest BCUT2D eigenvalue weighted by atomic mass is 9.96. The van der Waals surface area contributed by atoms with Crippen molar-refractivity contribution in [1.82, 2.24) is 4.57 Å². The van der Waals surface area contributed by atoms with E-state index >= 15 is 0 Å². The largest absolute Gasteiger partial charge is 0.493 e. The van der Waals surface area contributed by atoms with Crippen molar-refractivity contribution in [1.29, 1.82) is 0 Å². The predicted octanol–water partition coefficient (Wildman–Crippen LogP) is 2.74. The van der Waals surface area contributed by atoms with E-state index in [4.69, 9.17) is 18.9 Å². The molecule has 0 bridgehead atoms. The molecule has 0 unspecified atom stereocenters. The van der Waals surface area contributed by atoms with Gasteiger partial charge in [-0.3, -0.25) is 14.2 Å². The molecule has 0 N–H and O–H groups in total. The summed E-state index contributed by atoms with van der Waals surface area (Å²) in [7, 11) is 3.08. The van der Waals surface area contributed by atoms with Crippen LogP contribution in [0.2, 0.25) is 0 Å². The van der Waals surface area contributed by atoms with E-state index < -0.39 is 18.0 Å². The Labute approximate surface area is 216 Å². The lowest BCUT2D eigenvalue weighted by Crippen LogP contribution is -2.39. The summed E-state index contributed by atoms with van der Waals surface area (Å²) in [5.74, 6) is 0.387. The van der Waals surface area contributed by atoms with Gasteiger partial charge in [0.1, 0.15) is 5.75 Å². The third-order valence-corrected chi connectivity index (χ3v) is 6.68. The molecular weight excluding hydrogens is 496 g/mol. The van der Waals surface area contributed by atoms with Gasteiger partial charge in [-0.1, -0.05) is 35.6 Å². The molecule has 0 aliphatic carbocycles. The molecule has 4 rings (SSSR count). The number of benzene rings is 2. The maximum atomic E-state index is 13.8. The van der Waals surface area contributed by atoms with Crippen molar-refractivity contribution < 1.29 is 28.5 Å². The molecule has 0 fully saturated rings. The molecule has 2 heterocycles. The molecule has 1 aliphatic heterocycles. The highest BCUT2D eigenvalue weighted by atomic mass is 32.1. The Balaban J connectivity index is 1.93. The molecular formula is C27H26N2O7S. The number of hydrogen-bond acceptors (Lipinski definition) is 9. The molecule has 37 heavy (non-hydrogen) atoms. The van der Waals surface area contributed by atoms with Crippen LogP contribution in [0.1, 0.15) is 37.9 Å². The highest BCUT2D eigenvalue weighted by molar-refractivity contribution is 7.07. The SMILES string of the molecule is CCOC(=O)C1=C(C)N=c2s/c(=C\c3cccc(OC)c3OC)c(=O)n2[C@@H]1c1ccc(OC(C)=O)cc1. The quantitative estimate of drug-likeness (QED) is 0.347. The first-order chi connectivity index (χ1) is 17.8. The molecule has 0 radical (unpaired) electrons. The summed E-state index contributed by atoms with van der Waals surface area (Å²) in [4.78, 5) is 43.1. The number of rotatable bonds is 7. The lowest BCUT2D eigenvalue weighted by molar-refractivity contribution is -0.139. The van der Waals surface area contributed by atoms with Crippen molar-refractivity contribution in [3.63, 3.8) is 0 Å². The smallest absolute Gasteiger partial charge is 0.338 e. The summed E-state index contributed by atoms with van der Waals surface area (Å²) in [6.07, 6.45) is 1.72. The monoisotopic (exact) mass is 522 g/mol. The number of ether oxygens (including phenoxy) is 4. The standard InChI is InChI=1S/C27H26N2O7S/c1-6-35-26(32)22-15(2)28-27-29(23(22)17-10-12-19(13-11-17)36-16(3)30)25(31)21(37-27)14-18-8-7-9-20(33-4)24(18)34-5/h7-14,23H,6H2,1-5H3/b21-14-/t23-/m1/s1. The number of thiazole rings is 1. The fraction of sp³-hybridized carbons (Fsp3) is 0.259. The fourth-order valence-corrected chi connectivity index (χ4v) is 5.20. The Bertz CT molecular complexity index is 1570. The Kier molecular flexibility index (Phi) is 7.58. The van der Waals surface area contributed by atoms with Gasteiger partial charge in [0, 0.05) is 12.5 Å². The van der Waals surface area contributed by atoms with E-state index in [1.165, 1.54) is 29.9 Å². The second kappa shape index (κ2) is 10.8. The summed E-state index contributed by atoms with van der Waals surface area (Å²) >= 11 is 1.21. The number of carbonyl (C=O) groups excluding carboxylic acids is 2. The first-order valence-electron chi connectivity index (χ1n) is 11.5. The minimum absolute atomic E-state index is 0.174. The van der Waals surface area contributed by atoms with Gasteiger partial charge in [-0.05, 0) is 43.7 Å². The molecule has 0 spiro atoms. The zero-order valence-electron chi connectivity index (χ0n) is 21.1. The molecule has 0 amide bonds. The van der Waals surface area contributed by atoms with Gasteiger partial charge in [0.05, 0.1) is 42.7 Å². The number of esters is 2. The van der Waals surface area contributed by atoms with E-state index in [0.29, 0.717) is 43.4 Å². The second-order valence-electron chi connectivity index (χ2n) is 8.05. The van der Waals surface area contributed by atoms with Crippen LogP contribution in [0.15, 0.2) is 63.5 Å². The maximum Gasteiger partial charge on any atom is 0.338 e. The van der Waals surface area contributed by atoms with Gasteiger partial charge < -0.3 is 18.9 Å². The van der Waals surface area contributed by atoms with Gasteiger partial charge in [-0.15, -0.1) is 0 Å². The second-order valence-corrected chi connectivity index (χ2v) is 9.06. The van der Waals surface area contributed by atoms with Crippen LogP contribution < -0.4 is 29.1 Å². The topological polar surface area (TPSA) is 105 Å². The fourth-order valence-electron chi connectivity index (χ4n) is 4.16. The average Bonchev–Trinajstić information content (AvgIpc) is 3.17. The number of allylic oxidation sites excluding steroid dienone is 1. The van der Waals surface area contributed by atoms with Crippen LogP contribution in [0.4, 0.5) is 0 Å². The minimum atomic E-state index is -0.781. The van der Waals surface area contributed by atoms with Crippen LogP contribution in [-0.2, 0) is 14.3 Å². The van der Waals surface area contributed by atoms with Gasteiger partial charge in [-0.25, -0.2) is 9.79 Å². The van der Waals surface area contributed by atoms with Crippen LogP contribution >= 0.6 is 11.3 Å². The van der Waals surface area contributed by atoms with Crippen LogP contribution in [0.5, 0.6) is 17.2 Å². The van der Waals surface area contributed by atoms with E-state index in [-0.39, 0.29) is 17.7 Å². The summed E-state index contributed by atoms with van der Waals surface area (Å²) in [5, 5.41) is 0. The normalized spacial score (nSPS) is 15.1. The van der Waals surface area contributed by atoms with Gasteiger partial charge >= 0.3 is 11.9 Å². The van der Waals surface area contributed by atoms with Crippen LogP contribution in [0.25, 0.3) is 6.08 Å². The Morgan fingerprint density at radius 2 is 1.84 bits per heavy atom. The number of hydrogen-bond donors (Lipinski definition) is 0. The lowest BCUT2D eigenvalue weighted by Gasteiger charge is -2.24. The summed E-state index contributed by atoms with van der Waals surface area (Å²) < 4.78 is 23.2. The molecule has 10 heteroatoms. The maximum absolute atomic E-state index is 13.8. The number of carbonyl (C=O) groups is 2. The molecule has 3 aromatic rings. The number of methoxy groups -OCH3 is 2. The number of fused-ring (bicyclic) bond motifs is 1. The third kappa shape index (κ3) is 5.05. The highest BCUT2D eigenvalue weighted by Crippen LogP contribution is 2.33. The van der Waals surface area contributed by atoms with Crippen LogP contribution in [0.3, 0.4) is 0 Å². The van der Waals surface area contributed by atoms with Gasteiger partial charge in [0.15, 0.2) is 16.3 Å². The summed E-state index contributed by atoms with van der Waals surface area (Å²) in [6, 6.07) is 11.3. The molecule has 0 saturated carbocycles. The minimum Gasteiger partial charge on any atom is -0.493 e. The molecule has 1 atom stereocenters. The highest BCUT2D eigenvalue weighted by Gasteiger charge is 2.33. The summed E-state index contributed by atoms with van der Waals surface area (Å²) in [6.45, 7) is 4.92. The third-order valence-electron chi connectivity index (χ3n) is 5.69. The van der Waals surface area contributed by atoms with E-state index in [2.05, 4.69) is 4.99 Å². The number of nitrogens with zero attached hydrogens (tertiary/aromatic N) is 2. The summed E-state index contributed by atoms with van der Waals surface area (Å²) in [5.41, 5.74) is 1.70. The van der Waals surface area contributed by atoms with Gasteiger partial charge in [0.25, 0.3) is 5.56 Å². The van der Waals surface area contributed by atoms with Crippen LogP contribution in [-0.4, -0.2) is 37.3 Å². The first kappa shape index (κ1) is 25.9. The first-order valence-corrected chi connectivity index (χ1v) is 12.3. The van der Waals surface area contributed by atoms with E-state index in [1.807, 2.05) is 6.07 Å². The van der Waals surface area contributed by atoms with Gasteiger partial charge in [-0.2, -0.15) is 0 Å². The number of para-hydroxylation sites is 1. The van der Waals surface area contributed by atoms with E-state index in [0.717, 1.165) is 0 Å². The van der Waals surface area contributed by atoms with E-state index in [1.54, 1.807) is 63.4 Å². The van der Waals surface area contributed by atoms with E-state index in [9.17, 15) is 14.4 Å². The van der Waals surface area contributed by atoms with Crippen molar-refractivity contribution in [2.45, 2.75) is 26.8 Å². The Morgan fingerprint density at radius 3 is 2.46 bits per heavy atom. The molecule has 192 valence electrons. The molecule has 2 aromatic carbocycles. The zero-order chi connectivity index (χ0) is 26.7. The van der Waals surface area contributed by atoms with Crippen molar-refractivity contribution >= 4 is 29.4 Å². The molecule has 0 saturated heterocycles. The Hall–Kier alpha value is -4.18. The van der Waals surface area contributed by atoms with Gasteiger partial charge in [0.2, 0.25) is 0 Å². The Morgan fingerprint density at radius 1 is 1.11 bits per heavy atom. The van der Waals surface area contributed by atoms with Crippen molar-refractivity contribution in [3.05, 3.63) is 84.5 Å². The van der Waals surface area contributed by atoms with Crippen molar-refractivity contribution in [2.75, 3.05) is 20.8 Å². The number of aromatic nitrogens is 1. The van der Waals surface area contributed by atoms with Crippen molar-refractivity contribution in [3.8, 4) is 17.2 Å². The molecule has 1 aliphatic rings. The van der Waals surface area contributed by atoms with Crippen molar-refractivity contribution in [2.24, 2.45) is 4.99 Å². The predicted molar refractivity (Wildman–Crippen MR) is 138 cm³/mol. The zero-order valence-corrected chi connectivity index (χ0v) is 21.9. The average molecular weight is 523 g/mol. The molecule has 9 nitrogen and oxygen atoms in total. The van der Waals surface area contributed by atoms with Crippen LogP contribution in [0, 0.1) is 0 Å².